The van der Waals surface area contributed by atoms with Gasteiger partial charge in [-0.1, -0.05) is 0 Å². The van der Waals surface area contributed by atoms with Gasteiger partial charge in [0.1, 0.15) is 11.3 Å². The fourth-order valence-corrected chi connectivity index (χ4v) is 3.01. The lowest BCUT2D eigenvalue weighted by molar-refractivity contribution is 0.102. The molecule has 3 aromatic heterocycles. The van der Waals surface area contributed by atoms with E-state index >= 15 is 0 Å². The Kier molecular flexibility index (Phi) is 3.80. The van der Waals surface area contributed by atoms with Crippen molar-refractivity contribution in [3.8, 4) is 11.5 Å². The van der Waals surface area contributed by atoms with Gasteiger partial charge in [0.05, 0.1) is 23.0 Å². The van der Waals surface area contributed by atoms with E-state index < -0.39 is 11.5 Å². The molecule has 8 nitrogen and oxygen atoms in total. The van der Waals surface area contributed by atoms with Gasteiger partial charge >= 0.3 is 5.69 Å². The zero-order chi connectivity index (χ0) is 19.1. The predicted molar refractivity (Wildman–Crippen MR) is 101 cm³/mol. The fraction of sp³-hybridized carbons (Fsp3) is 0.105. The fourth-order valence-electron chi connectivity index (χ4n) is 3.01. The van der Waals surface area contributed by atoms with Gasteiger partial charge in [0, 0.05) is 19.8 Å². The lowest BCUT2D eigenvalue weighted by Crippen LogP contribution is -2.23. The number of H-pyrrole nitrogens is 1. The van der Waals surface area contributed by atoms with Crippen LogP contribution in [-0.2, 0) is 14.1 Å². The van der Waals surface area contributed by atoms with Gasteiger partial charge in [-0.25, -0.2) is 4.79 Å². The van der Waals surface area contributed by atoms with Crippen LogP contribution < -0.4 is 16.6 Å². The number of fused-ring (bicyclic) bond motifs is 1. The van der Waals surface area contributed by atoms with Crippen LogP contribution in [0.2, 0.25) is 0 Å². The highest BCUT2D eigenvalue weighted by Crippen LogP contribution is 2.19. The van der Waals surface area contributed by atoms with Gasteiger partial charge in [-0.15, -0.1) is 0 Å². The van der Waals surface area contributed by atoms with Crippen molar-refractivity contribution >= 4 is 22.6 Å². The summed E-state index contributed by atoms with van der Waals surface area (Å²) < 4.78 is 8.26. The maximum atomic E-state index is 12.5. The molecule has 0 atom stereocenters. The van der Waals surface area contributed by atoms with E-state index in [0.29, 0.717) is 22.7 Å². The third kappa shape index (κ3) is 2.77. The van der Waals surface area contributed by atoms with E-state index in [-0.39, 0.29) is 11.3 Å². The first-order valence-corrected chi connectivity index (χ1v) is 8.20. The van der Waals surface area contributed by atoms with Crippen LogP contribution in [0.1, 0.15) is 10.4 Å². The number of furan rings is 1. The average Bonchev–Trinajstić information content (AvgIpc) is 3.26. The number of hydrogen-bond acceptors (Lipinski definition) is 4. The molecule has 0 saturated heterocycles. The summed E-state index contributed by atoms with van der Waals surface area (Å²) in [6.07, 6.45) is 1.50. The molecular weight excluding hydrogens is 348 g/mol. The van der Waals surface area contributed by atoms with Crippen molar-refractivity contribution in [2.75, 3.05) is 5.32 Å². The summed E-state index contributed by atoms with van der Waals surface area (Å²) in [5, 5.41) is 2.69. The highest BCUT2D eigenvalue weighted by Gasteiger charge is 2.14. The van der Waals surface area contributed by atoms with Crippen LogP contribution in [-0.4, -0.2) is 20.0 Å². The molecule has 0 unspecified atom stereocenters. The maximum Gasteiger partial charge on any atom is 0.328 e. The SMILES string of the molecule is Cn1c(=O)n(C)c2cc(NC(=O)c3ccc(-c4ccco4)[nH]c3=O)ccc21. The number of nitrogens with one attached hydrogen (secondary N) is 2. The van der Waals surface area contributed by atoms with Crippen molar-refractivity contribution in [2.45, 2.75) is 0 Å². The Labute approximate surface area is 152 Å². The Morgan fingerprint density at radius 3 is 2.52 bits per heavy atom. The Morgan fingerprint density at radius 1 is 1.04 bits per heavy atom. The summed E-state index contributed by atoms with van der Waals surface area (Å²) in [6.45, 7) is 0. The lowest BCUT2D eigenvalue weighted by Gasteiger charge is -2.06. The molecule has 0 aliphatic carbocycles. The van der Waals surface area contributed by atoms with E-state index in [2.05, 4.69) is 10.3 Å². The second kappa shape index (κ2) is 6.17. The summed E-state index contributed by atoms with van der Waals surface area (Å²) in [5.41, 5.74) is 1.72. The predicted octanol–water partition coefficient (Wildman–Crippen LogP) is 2.08. The number of benzene rings is 1. The zero-order valence-corrected chi connectivity index (χ0v) is 14.6. The van der Waals surface area contributed by atoms with E-state index in [4.69, 9.17) is 4.42 Å². The van der Waals surface area contributed by atoms with Crippen LogP contribution in [0.25, 0.3) is 22.5 Å². The number of pyridine rings is 1. The molecule has 4 aromatic rings. The smallest absolute Gasteiger partial charge is 0.328 e. The molecule has 0 fully saturated rings. The van der Waals surface area contributed by atoms with Gasteiger partial charge < -0.3 is 14.7 Å². The quantitative estimate of drug-likeness (QED) is 0.581. The number of carbonyl (C=O) groups excluding carboxylic acids is 1. The van der Waals surface area contributed by atoms with E-state index in [1.165, 1.54) is 21.5 Å². The van der Waals surface area contributed by atoms with E-state index in [9.17, 15) is 14.4 Å². The number of nitrogens with zero attached hydrogens (tertiary/aromatic N) is 2. The second-order valence-corrected chi connectivity index (χ2v) is 6.15. The Bertz CT molecular complexity index is 1280. The third-order valence-corrected chi connectivity index (χ3v) is 4.47. The van der Waals surface area contributed by atoms with Crippen molar-refractivity contribution in [3.63, 3.8) is 0 Å². The van der Waals surface area contributed by atoms with Crippen LogP contribution in [0, 0.1) is 0 Å². The summed E-state index contributed by atoms with van der Waals surface area (Å²) in [5.74, 6) is -0.0305. The highest BCUT2D eigenvalue weighted by atomic mass is 16.3. The Balaban J connectivity index is 1.64. The first kappa shape index (κ1) is 16.6. The van der Waals surface area contributed by atoms with E-state index in [0.717, 1.165) is 5.52 Å². The molecule has 136 valence electrons. The molecule has 4 rings (SSSR count). The Hall–Kier alpha value is -3.81. The van der Waals surface area contributed by atoms with Gasteiger partial charge in [-0.2, -0.15) is 0 Å². The monoisotopic (exact) mass is 364 g/mol. The van der Waals surface area contributed by atoms with Crippen LogP contribution in [0.5, 0.6) is 0 Å². The molecule has 1 amide bonds. The molecule has 0 aliphatic rings. The maximum absolute atomic E-state index is 12.5. The summed E-state index contributed by atoms with van der Waals surface area (Å²) in [4.78, 5) is 39.4. The molecule has 8 heteroatoms. The molecule has 1 aromatic carbocycles. The van der Waals surface area contributed by atoms with Crippen molar-refractivity contribution < 1.29 is 9.21 Å². The van der Waals surface area contributed by atoms with Gasteiger partial charge in [-0.05, 0) is 42.5 Å². The minimum Gasteiger partial charge on any atom is -0.463 e. The second-order valence-electron chi connectivity index (χ2n) is 6.15. The number of carbonyl (C=O) groups is 1. The summed E-state index contributed by atoms with van der Waals surface area (Å²) in [6, 6.07) is 11.6. The zero-order valence-electron chi connectivity index (χ0n) is 14.6. The minimum absolute atomic E-state index is 0.0210. The molecular formula is C19H16N4O4. The van der Waals surface area contributed by atoms with Crippen LogP contribution in [0.4, 0.5) is 5.69 Å². The number of hydrogen-bond donors (Lipinski definition) is 2. The van der Waals surface area contributed by atoms with Crippen LogP contribution in [0.3, 0.4) is 0 Å². The molecule has 0 bridgehead atoms. The van der Waals surface area contributed by atoms with Gasteiger partial charge in [0.2, 0.25) is 0 Å². The third-order valence-electron chi connectivity index (χ3n) is 4.47. The topological polar surface area (TPSA) is 102 Å². The largest absolute Gasteiger partial charge is 0.463 e. The number of aryl methyl sites for hydroxylation is 2. The number of amides is 1. The number of rotatable bonds is 3. The first-order chi connectivity index (χ1) is 13.0. The highest BCUT2D eigenvalue weighted by molar-refractivity contribution is 6.04. The van der Waals surface area contributed by atoms with Crippen molar-refractivity contribution in [1.29, 1.82) is 0 Å². The average molecular weight is 364 g/mol. The molecule has 0 aliphatic heterocycles. The van der Waals surface area contributed by atoms with E-state index in [1.54, 1.807) is 50.5 Å². The number of aromatic amines is 1. The minimum atomic E-state index is -0.539. The molecule has 0 spiro atoms. The van der Waals surface area contributed by atoms with E-state index in [1.807, 2.05) is 0 Å². The standard InChI is InChI=1S/C19H16N4O4/c1-22-14-8-5-11(10-15(14)23(2)19(22)26)20-17(24)12-6-7-13(21-18(12)25)16-4-3-9-27-16/h3-10H,1-2H3,(H,20,24)(H,21,25). The van der Waals surface area contributed by atoms with Crippen LogP contribution in [0.15, 0.2) is 62.7 Å². The lowest BCUT2D eigenvalue weighted by atomic mass is 10.2. The molecule has 0 radical (unpaired) electrons. The summed E-state index contributed by atoms with van der Waals surface area (Å²) in [7, 11) is 3.34. The van der Waals surface area contributed by atoms with Crippen molar-refractivity contribution in [3.05, 3.63) is 75.1 Å². The molecule has 2 N–H and O–H groups in total. The molecule has 0 saturated carbocycles. The molecule has 27 heavy (non-hydrogen) atoms. The van der Waals surface area contributed by atoms with Crippen molar-refractivity contribution in [2.24, 2.45) is 14.1 Å². The number of imidazole rings is 1. The first-order valence-electron chi connectivity index (χ1n) is 8.20. The molecule has 3 heterocycles. The summed E-state index contributed by atoms with van der Waals surface area (Å²) >= 11 is 0. The van der Waals surface area contributed by atoms with Gasteiger partial charge in [0.25, 0.3) is 11.5 Å². The number of aromatic nitrogens is 3. The van der Waals surface area contributed by atoms with Gasteiger partial charge in [0.15, 0.2) is 0 Å². The normalized spacial score (nSPS) is 11.0. The Morgan fingerprint density at radius 2 is 1.81 bits per heavy atom. The van der Waals surface area contributed by atoms with Crippen LogP contribution >= 0.6 is 0 Å². The number of anilines is 1. The van der Waals surface area contributed by atoms with Crippen molar-refractivity contribution in [1.82, 2.24) is 14.1 Å². The van der Waals surface area contributed by atoms with Gasteiger partial charge in [-0.3, -0.25) is 18.7 Å².